The molecule has 4 nitrogen and oxygen atoms in total. The molecule has 0 saturated carbocycles. The second-order valence-corrected chi connectivity index (χ2v) is 2.58. The standard InChI is InChI=1S/C7H11N3O/c1-6-4-8-5-10(6)7(11)9(2)3/h4-5H,1-3H3. The van der Waals surface area contributed by atoms with Crippen LogP contribution in [0.1, 0.15) is 5.69 Å². The topological polar surface area (TPSA) is 38.1 Å². The number of hydrogen-bond donors (Lipinski definition) is 0. The van der Waals surface area contributed by atoms with Gasteiger partial charge in [0, 0.05) is 26.0 Å². The summed E-state index contributed by atoms with van der Waals surface area (Å²) in [6.45, 7) is 1.84. The van der Waals surface area contributed by atoms with Crippen molar-refractivity contribution in [2.45, 2.75) is 6.92 Å². The molecular weight excluding hydrogens is 142 g/mol. The van der Waals surface area contributed by atoms with Crippen LogP contribution < -0.4 is 0 Å². The third kappa shape index (κ3) is 1.39. The molecule has 0 bridgehead atoms. The molecule has 0 fully saturated rings. The van der Waals surface area contributed by atoms with E-state index in [1.165, 1.54) is 15.8 Å². The van der Waals surface area contributed by atoms with Crippen molar-refractivity contribution in [1.82, 2.24) is 14.5 Å². The van der Waals surface area contributed by atoms with Crippen LogP contribution in [0, 0.1) is 6.92 Å². The summed E-state index contributed by atoms with van der Waals surface area (Å²) in [5.41, 5.74) is 0.851. The summed E-state index contributed by atoms with van der Waals surface area (Å²) < 4.78 is 1.50. The molecule has 11 heavy (non-hydrogen) atoms. The van der Waals surface area contributed by atoms with Gasteiger partial charge in [-0.15, -0.1) is 0 Å². The van der Waals surface area contributed by atoms with E-state index in [0.717, 1.165) is 5.69 Å². The summed E-state index contributed by atoms with van der Waals surface area (Å²) in [6.07, 6.45) is 3.17. The van der Waals surface area contributed by atoms with E-state index in [1.54, 1.807) is 20.3 Å². The maximum atomic E-state index is 11.3. The van der Waals surface area contributed by atoms with E-state index in [4.69, 9.17) is 0 Å². The van der Waals surface area contributed by atoms with E-state index in [2.05, 4.69) is 4.98 Å². The van der Waals surface area contributed by atoms with Gasteiger partial charge in [0.25, 0.3) is 0 Å². The lowest BCUT2D eigenvalue weighted by Crippen LogP contribution is -2.27. The lowest BCUT2D eigenvalue weighted by Gasteiger charge is -2.10. The number of hydrogen-bond acceptors (Lipinski definition) is 2. The van der Waals surface area contributed by atoms with Crippen molar-refractivity contribution in [1.29, 1.82) is 0 Å². The first kappa shape index (κ1) is 7.78. The number of carbonyl (C=O) groups excluding carboxylic acids is 1. The zero-order valence-corrected chi connectivity index (χ0v) is 6.90. The predicted molar refractivity (Wildman–Crippen MR) is 41.4 cm³/mol. The zero-order chi connectivity index (χ0) is 8.43. The van der Waals surface area contributed by atoms with Crippen LogP contribution in [0.15, 0.2) is 12.5 Å². The van der Waals surface area contributed by atoms with Crippen LogP contribution in [0.25, 0.3) is 0 Å². The second kappa shape index (κ2) is 2.74. The van der Waals surface area contributed by atoms with Crippen LogP contribution in [-0.2, 0) is 0 Å². The highest BCUT2D eigenvalue weighted by Crippen LogP contribution is 1.97. The Labute approximate surface area is 65.5 Å². The molecule has 1 heterocycles. The van der Waals surface area contributed by atoms with Gasteiger partial charge in [-0.3, -0.25) is 4.57 Å². The van der Waals surface area contributed by atoms with Gasteiger partial charge in [0.05, 0.1) is 0 Å². The Morgan fingerprint density at radius 3 is 2.64 bits per heavy atom. The first-order valence-corrected chi connectivity index (χ1v) is 3.33. The number of aryl methyl sites for hydroxylation is 1. The molecule has 1 amide bonds. The van der Waals surface area contributed by atoms with Crippen molar-refractivity contribution in [2.24, 2.45) is 0 Å². The molecule has 4 heteroatoms. The van der Waals surface area contributed by atoms with Crippen molar-refractivity contribution in [3.63, 3.8) is 0 Å². The fraction of sp³-hybridized carbons (Fsp3) is 0.429. The number of nitrogens with zero attached hydrogens (tertiary/aromatic N) is 3. The third-order valence-electron chi connectivity index (χ3n) is 1.41. The lowest BCUT2D eigenvalue weighted by atomic mass is 10.5. The molecule has 1 rings (SSSR count). The van der Waals surface area contributed by atoms with E-state index in [9.17, 15) is 4.79 Å². The summed E-state index contributed by atoms with van der Waals surface area (Å²) in [6, 6.07) is -0.0694. The number of imidazole rings is 1. The summed E-state index contributed by atoms with van der Waals surface area (Å²) in [7, 11) is 3.42. The molecule has 0 spiro atoms. The summed E-state index contributed by atoms with van der Waals surface area (Å²) in [5, 5.41) is 0. The van der Waals surface area contributed by atoms with Gasteiger partial charge in [-0.25, -0.2) is 9.78 Å². The van der Waals surface area contributed by atoms with Crippen LogP contribution in [0.5, 0.6) is 0 Å². The van der Waals surface area contributed by atoms with E-state index < -0.39 is 0 Å². The molecule has 0 aromatic carbocycles. The lowest BCUT2D eigenvalue weighted by molar-refractivity contribution is 0.218. The molecular formula is C7H11N3O. The van der Waals surface area contributed by atoms with E-state index >= 15 is 0 Å². The van der Waals surface area contributed by atoms with Gasteiger partial charge >= 0.3 is 6.03 Å². The largest absolute Gasteiger partial charge is 0.330 e. The molecule has 60 valence electrons. The zero-order valence-electron chi connectivity index (χ0n) is 6.90. The van der Waals surface area contributed by atoms with Gasteiger partial charge in [0.2, 0.25) is 0 Å². The minimum Gasteiger partial charge on any atom is -0.330 e. The Balaban J connectivity index is 2.93. The quantitative estimate of drug-likeness (QED) is 0.551. The Morgan fingerprint density at radius 1 is 1.64 bits per heavy atom. The third-order valence-corrected chi connectivity index (χ3v) is 1.41. The smallest absolute Gasteiger partial charge is 0.329 e. The van der Waals surface area contributed by atoms with Crippen LogP contribution in [0.2, 0.25) is 0 Å². The van der Waals surface area contributed by atoms with Crippen molar-refractivity contribution in [3.05, 3.63) is 18.2 Å². The van der Waals surface area contributed by atoms with Crippen molar-refractivity contribution >= 4 is 6.03 Å². The monoisotopic (exact) mass is 153 g/mol. The van der Waals surface area contributed by atoms with Crippen LogP contribution in [0.3, 0.4) is 0 Å². The normalized spacial score (nSPS) is 9.73. The second-order valence-electron chi connectivity index (χ2n) is 2.58. The number of carbonyl (C=O) groups is 1. The minimum absolute atomic E-state index is 0.0694. The maximum Gasteiger partial charge on any atom is 0.329 e. The number of rotatable bonds is 0. The molecule has 0 aliphatic carbocycles. The van der Waals surface area contributed by atoms with Crippen molar-refractivity contribution in [2.75, 3.05) is 14.1 Å². The van der Waals surface area contributed by atoms with Crippen LogP contribution in [-0.4, -0.2) is 34.6 Å². The van der Waals surface area contributed by atoms with Gasteiger partial charge in [-0.1, -0.05) is 0 Å². The van der Waals surface area contributed by atoms with Crippen LogP contribution in [0.4, 0.5) is 4.79 Å². The molecule has 0 radical (unpaired) electrons. The van der Waals surface area contributed by atoms with E-state index in [1.807, 2.05) is 6.92 Å². The molecule has 0 unspecified atom stereocenters. The summed E-state index contributed by atoms with van der Waals surface area (Å²) in [5.74, 6) is 0. The van der Waals surface area contributed by atoms with Gasteiger partial charge < -0.3 is 4.90 Å². The summed E-state index contributed by atoms with van der Waals surface area (Å²) >= 11 is 0. The van der Waals surface area contributed by atoms with Gasteiger partial charge in [0.15, 0.2) is 0 Å². The van der Waals surface area contributed by atoms with E-state index in [0.29, 0.717) is 0 Å². The Bertz CT molecular complexity index is 264. The first-order chi connectivity index (χ1) is 5.13. The van der Waals surface area contributed by atoms with Crippen LogP contribution >= 0.6 is 0 Å². The predicted octanol–water partition coefficient (Wildman–Crippen LogP) is 0.721. The van der Waals surface area contributed by atoms with E-state index in [-0.39, 0.29) is 6.03 Å². The molecule has 0 N–H and O–H groups in total. The van der Waals surface area contributed by atoms with Gasteiger partial charge in [-0.2, -0.15) is 0 Å². The fourth-order valence-electron chi connectivity index (χ4n) is 0.777. The van der Waals surface area contributed by atoms with Crippen molar-refractivity contribution < 1.29 is 4.79 Å². The Morgan fingerprint density at radius 2 is 2.27 bits per heavy atom. The highest BCUT2D eigenvalue weighted by molar-refractivity contribution is 5.76. The molecule has 0 atom stereocenters. The Kier molecular flexibility index (Phi) is 1.94. The molecule has 1 aromatic rings. The SMILES string of the molecule is Cc1cncn1C(=O)N(C)C. The highest BCUT2D eigenvalue weighted by atomic mass is 16.2. The average molecular weight is 153 g/mol. The highest BCUT2D eigenvalue weighted by Gasteiger charge is 2.07. The van der Waals surface area contributed by atoms with Gasteiger partial charge in [-0.05, 0) is 6.92 Å². The van der Waals surface area contributed by atoms with Crippen molar-refractivity contribution in [3.8, 4) is 0 Å². The first-order valence-electron chi connectivity index (χ1n) is 3.33. The number of aromatic nitrogens is 2. The van der Waals surface area contributed by atoms with Gasteiger partial charge in [0.1, 0.15) is 6.33 Å². The molecule has 1 aromatic heterocycles. The molecule has 0 saturated heterocycles. The number of amides is 1. The minimum atomic E-state index is -0.0694. The average Bonchev–Trinajstić information content (AvgIpc) is 2.33. The maximum absolute atomic E-state index is 11.3. The fourth-order valence-corrected chi connectivity index (χ4v) is 0.777. The molecule has 0 aliphatic rings. The Hall–Kier alpha value is -1.32. The summed E-state index contributed by atoms with van der Waals surface area (Å²) in [4.78, 5) is 16.6. The molecule has 0 aliphatic heterocycles.